The second-order valence-electron chi connectivity index (χ2n) is 6.89. The number of benzene rings is 1. The van der Waals surface area contributed by atoms with Gasteiger partial charge >= 0.3 is 0 Å². The Bertz CT molecular complexity index is 1140. The van der Waals surface area contributed by atoms with Crippen molar-refractivity contribution in [3.63, 3.8) is 0 Å². The Kier molecular flexibility index (Phi) is 4.47. The zero-order valence-electron chi connectivity index (χ0n) is 14.1. The van der Waals surface area contributed by atoms with Crippen molar-refractivity contribution in [3.05, 3.63) is 28.3 Å². The van der Waals surface area contributed by atoms with Crippen LogP contribution in [0.4, 0.5) is 5.69 Å². The van der Waals surface area contributed by atoms with Crippen molar-refractivity contribution < 1.29 is 21.8 Å². The third kappa shape index (κ3) is 3.69. The second kappa shape index (κ2) is 6.45. The fourth-order valence-electron chi connectivity index (χ4n) is 3.60. The SMILES string of the molecule is O=[N+]([O-])c1ccc2c(c1)nc(S[C@H]1CCS(=O)(=O)C1)n2[C@H]1CCS(=O)(=O)C1. The number of rotatable bonds is 4. The second-order valence-corrected chi connectivity index (χ2v) is 12.6. The number of sulfone groups is 2. The number of nitro groups is 1. The van der Waals surface area contributed by atoms with Crippen LogP contribution in [0.25, 0.3) is 11.0 Å². The van der Waals surface area contributed by atoms with Crippen LogP contribution in [0.15, 0.2) is 23.4 Å². The number of aromatic nitrogens is 2. The van der Waals surface area contributed by atoms with Gasteiger partial charge in [-0.1, -0.05) is 11.8 Å². The van der Waals surface area contributed by atoms with E-state index in [-0.39, 0.29) is 40.0 Å². The highest BCUT2D eigenvalue weighted by atomic mass is 32.2. The highest BCUT2D eigenvalue weighted by molar-refractivity contribution is 8.01. The van der Waals surface area contributed by atoms with Gasteiger partial charge in [0.15, 0.2) is 24.8 Å². The topological polar surface area (TPSA) is 129 Å². The Hall–Kier alpha value is -1.66. The maximum atomic E-state index is 11.9. The third-order valence-corrected chi connectivity index (χ3v) is 9.85. The van der Waals surface area contributed by atoms with Crippen LogP contribution in [-0.2, 0) is 19.7 Å². The minimum absolute atomic E-state index is 0.00796. The first kappa shape index (κ1) is 18.7. The van der Waals surface area contributed by atoms with Gasteiger partial charge in [-0.2, -0.15) is 0 Å². The summed E-state index contributed by atoms with van der Waals surface area (Å²) < 4.78 is 49.2. The standard InChI is InChI=1S/C15H17N3O6S3/c19-18(20)10-1-2-14-13(7-10)16-15(25-12-4-6-27(23,24)9-12)17(14)11-3-5-26(21,22)8-11/h1-2,7,11-12H,3-6,8-9H2/t11-,12-/m0/s1. The minimum Gasteiger partial charge on any atom is -0.315 e. The summed E-state index contributed by atoms with van der Waals surface area (Å²) in [5.74, 6) is 0.274. The molecule has 2 aliphatic rings. The molecule has 3 heterocycles. The van der Waals surface area contributed by atoms with Crippen LogP contribution >= 0.6 is 11.8 Å². The van der Waals surface area contributed by atoms with E-state index in [0.717, 1.165) is 0 Å². The molecule has 0 saturated carbocycles. The molecule has 0 radical (unpaired) electrons. The number of non-ortho nitro benzene ring substituents is 1. The normalized spacial score (nSPS) is 26.5. The first-order valence-electron chi connectivity index (χ1n) is 8.37. The molecule has 2 aromatic rings. The molecule has 4 rings (SSSR count). The molecule has 2 fully saturated rings. The summed E-state index contributed by atoms with van der Waals surface area (Å²) in [7, 11) is -6.19. The lowest BCUT2D eigenvalue weighted by Gasteiger charge is -2.16. The predicted molar refractivity (Wildman–Crippen MR) is 102 cm³/mol. The highest BCUT2D eigenvalue weighted by Gasteiger charge is 2.34. The Morgan fingerprint density at radius 3 is 2.41 bits per heavy atom. The molecule has 2 saturated heterocycles. The van der Waals surface area contributed by atoms with E-state index >= 15 is 0 Å². The van der Waals surface area contributed by atoms with Crippen molar-refractivity contribution in [1.29, 1.82) is 0 Å². The number of thioether (sulfide) groups is 1. The van der Waals surface area contributed by atoms with E-state index in [1.807, 2.05) is 4.57 Å². The van der Waals surface area contributed by atoms with Gasteiger partial charge in [-0.15, -0.1) is 0 Å². The highest BCUT2D eigenvalue weighted by Crippen LogP contribution is 2.38. The van der Waals surface area contributed by atoms with Crippen molar-refractivity contribution in [2.24, 2.45) is 0 Å². The summed E-state index contributed by atoms with van der Waals surface area (Å²) in [5, 5.41) is 11.4. The maximum Gasteiger partial charge on any atom is 0.271 e. The van der Waals surface area contributed by atoms with Gasteiger partial charge in [0.2, 0.25) is 0 Å². The molecule has 1 aromatic carbocycles. The van der Waals surface area contributed by atoms with Crippen LogP contribution in [0.1, 0.15) is 18.9 Å². The molecule has 2 aliphatic heterocycles. The van der Waals surface area contributed by atoms with Crippen LogP contribution in [0.2, 0.25) is 0 Å². The maximum absolute atomic E-state index is 11.9. The first-order chi connectivity index (χ1) is 12.6. The number of imidazole rings is 1. The molecule has 1 aromatic heterocycles. The zero-order chi connectivity index (χ0) is 19.4. The molecule has 0 aliphatic carbocycles. The molecule has 0 spiro atoms. The summed E-state index contributed by atoms with van der Waals surface area (Å²) in [6.07, 6.45) is 0.959. The van der Waals surface area contributed by atoms with Gasteiger partial charge in [0.05, 0.1) is 45.0 Å². The van der Waals surface area contributed by atoms with Crippen LogP contribution in [0.5, 0.6) is 0 Å². The number of nitro benzene ring substituents is 1. The monoisotopic (exact) mass is 431 g/mol. The van der Waals surface area contributed by atoms with E-state index < -0.39 is 24.6 Å². The van der Waals surface area contributed by atoms with Gasteiger partial charge in [-0.3, -0.25) is 10.1 Å². The predicted octanol–water partition coefficient (Wildman–Crippen LogP) is 1.58. The number of hydrogen-bond donors (Lipinski definition) is 0. The van der Waals surface area contributed by atoms with E-state index in [2.05, 4.69) is 4.98 Å². The van der Waals surface area contributed by atoms with Gasteiger partial charge in [0, 0.05) is 17.4 Å². The average Bonchev–Trinajstić information content (AvgIpc) is 3.21. The van der Waals surface area contributed by atoms with Crippen molar-refractivity contribution in [1.82, 2.24) is 9.55 Å². The van der Waals surface area contributed by atoms with E-state index in [4.69, 9.17) is 0 Å². The first-order valence-corrected chi connectivity index (χ1v) is 12.9. The van der Waals surface area contributed by atoms with Crippen molar-refractivity contribution in [2.75, 3.05) is 23.0 Å². The lowest BCUT2D eigenvalue weighted by atomic mass is 10.2. The average molecular weight is 432 g/mol. The van der Waals surface area contributed by atoms with Gasteiger partial charge in [0.1, 0.15) is 0 Å². The van der Waals surface area contributed by atoms with Gasteiger partial charge < -0.3 is 4.57 Å². The quantitative estimate of drug-likeness (QED) is 0.527. The van der Waals surface area contributed by atoms with E-state index in [1.165, 1.54) is 23.9 Å². The number of fused-ring (bicyclic) bond motifs is 1. The number of hydrogen-bond acceptors (Lipinski definition) is 8. The molecule has 2 atom stereocenters. The fourth-order valence-corrected chi connectivity index (χ4v) is 8.93. The molecule has 27 heavy (non-hydrogen) atoms. The van der Waals surface area contributed by atoms with Crippen molar-refractivity contribution in [2.45, 2.75) is 29.3 Å². The molecule has 0 bridgehead atoms. The molecule has 0 N–H and O–H groups in total. The molecule has 0 unspecified atom stereocenters. The summed E-state index contributed by atoms with van der Waals surface area (Å²) >= 11 is 1.32. The van der Waals surface area contributed by atoms with Crippen LogP contribution in [-0.4, -0.2) is 59.6 Å². The largest absolute Gasteiger partial charge is 0.315 e. The Morgan fingerprint density at radius 1 is 1.11 bits per heavy atom. The van der Waals surface area contributed by atoms with Crippen LogP contribution in [0.3, 0.4) is 0 Å². The molecule has 12 heteroatoms. The van der Waals surface area contributed by atoms with Crippen LogP contribution < -0.4 is 0 Å². The molecular weight excluding hydrogens is 414 g/mol. The van der Waals surface area contributed by atoms with Gasteiger partial charge in [-0.05, 0) is 18.9 Å². The zero-order valence-corrected chi connectivity index (χ0v) is 16.6. The third-order valence-electron chi connectivity index (χ3n) is 4.89. The molecule has 0 amide bonds. The Balaban J connectivity index is 1.78. The lowest BCUT2D eigenvalue weighted by molar-refractivity contribution is -0.384. The van der Waals surface area contributed by atoms with Crippen molar-refractivity contribution >= 4 is 48.2 Å². The van der Waals surface area contributed by atoms with E-state index in [9.17, 15) is 26.9 Å². The summed E-state index contributed by atoms with van der Waals surface area (Å²) in [6.45, 7) is 0. The molecular formula is C15H17N3O6S3. The van der Waals surface area contributed by atoms with E-state index in [1.54, 1.807) is 6.07 Å². The van der Waals surface area contributed by atoms with Gasteiger partial charge in [0.25, 0.3) is 5.69 Å². The summed E-state index contributed by atoms with van der Waals surface area (Å²) in [6, 6.07) is 4.02. The van der Waals surface area contributed by atoms with Gasteiger partial charge in [-0.25, -0.2) is 21.8 Å². The summed E-state index contributed by atoms with van der Waals surface area (Å²) in [5.41, 5.74) is 0.953. The minimum atomic E-state index is -3.14. The fraction of sp³-hybridized carbons (Fsp3) is 0.533. The summed E-state index contributed by atoms with van der Waals surface area (Å²) in [4.78, 5) is 15.0. The van der Waals surface area contributed by atoms with Crippen LogP contribution in [0, 0.1) is 10.1 Å². The lowest BCUT2D eigenvalue weighted by Crippen LogP contribution is -2.14. The smallest absolute Gasteiger partial charge is 0.271 e. The Morgan fingerprint density at radius 2 is 1.81 bits per heavy atom. The van der Waals surface area contributed by atoms with Crippen molar-refractivity contribution in [3.8, 4) is 0 Å². The molecule has 146 valence electrons. The Labute approximate surface area is 160 Å². The number of nitrogens with zero attached hydrogens (tertiary/aromatic N) is 3. The molecule has 9 nitrogen and oxygen atoms in total. The van der Waals surface area contributed by atoms with E-state index in [0.29, 0.717) is 29.0 Å².